The highest BCUT2D eigenvalue weighted by atomic mass is 16.5. The Kier molecular flexibility index (Phi) is 2.42. The molecule has 0 aromatic heterocycles. The monoisotopic (exact) mass is 369 g/mol. The number of carbonyl (C=O) groups excluding carboxylic acids is 2. The van der Waals surface area contributed by atoms with Crippen molar-refractivity contribution < 1.29 is 19.4 Å². The Bertz CT molecular complexity index is 853. The Morgan fingerprint density at radius 2 is 2.07 bits per heavy atom. The summed E-state index contributed by atoms with van der Waals surface area (Å²) in [5.74, 6) is 0.0194. The summed E-state index contributed by atoms with van der Waals surface area (Å²) in [5, 5.41) is 12.4. The third-order valence-corrected chi connectivity index (χ3v) is 10.4. The lowest BCUT2D eigenvalue weighted by Gasteiger charge is -2.69. The third kappa shape index (κ3) is 1.19. The van der Waals surface area contributed by atoms with Gasteiger partial charge in [0.25, 0.3) is 0 Å². The van der Waals surface area contributed by atoms with E-state index < -0.39 is 16.4 Å². The van der Waals surface area contributed by atoms with Crippen LogP contribution >= 0.6 is 0 Å². The largest absolute Gasteiger partial charge is 0.381 e. The van der Waals surface area contributed by atoms with Gasteiger partial charge in [-0.15, -0.1) is 0 Å². The summed E-state index contributed by atoms with van der Waals surface area (Å²) < 4.78 is 6.25. The number of hydrogen-bond acceptors (Lipinski definition) is 5. The van der Waals surface area contributed by atoms with Crippen molar-refractivity contribution in [2.24, 2.45) is 34.0 Å². The first-order valence-electron chi connectivity index (χ1n) is 10.7. The number of ether oxygens (including phenoxy) is 1. The fourth-order valence-electron chi connectivity index (χ4n) is 10.1. The Balaban J connectivity index is 1.60. The van der Waals surface area contributed by atoms with E-state index in [1.54, 1.807) is 0 Å². The Morgan fingerprint density at radius 3 is 2.89 bits per heavy atom. The molecule has 8 aliphatic rings. The molecule has 6 bridgehead atoms. The molecular weight excluding hydrogens is 342 g/mol. The number of fused-ring (bicyclic) bond motifs is 4. The van der Waals surface area contributed by atoms with Crippen LogP contribution in [0.2, 0.25) is 0 Å². The van der Waals surface area contributed by atoms with Gasteiger partial charge in [0.2, 0.25) is 0 Å². The lowest BCUT2D eigenvalue weighted by Crippen LogP contribution is -2.79. The van der Waals surface area contributed by atoms with Gasteiger partial charge in [0.15, 0.2) is 5.78 Å². The van der Waals surface area contributed by atoms with Crippen LogP contribution in [0.4, 0.5) is 0 Å². The van der Waals surface area contributed by atoms with Crippen molar-refractivity contribution in [2.75, 3.05) is 13.2 Å². The number of aliphatic hydroxyl groups is 1. The SMILES string of the molecule is C=C1C[C@]23CC(=O)[C@H]4[C@]56CCC[C@@]4(C)C4OCCN4[C@H]5[C@H]2C[C@H]1C(=O)[C@@]36O. The molecule has 144 valence electrons. The van der Waals surface area contributed by atoms with Crippen LogP contribution in [0.5, 0.6) is 0 Å². The Hall–Kier alpha value is -1.04. The van der Waals surface area contributed by atoms with E-state index in [1.165, 1.54) is 0 Å². The second kappa shape index (κ2) is 4.12. The molecule has 0 aromatic carbocycles. The molecule has 6 saturated carbocycles. The lowest BCUT2D eigenvalue weighted by atomic mass is 9.37. The Morgan fingerprint density at radius 1 is 1.26 bits per heavy atom. The second-order valence-electron chi connectivity index (χ2n) is 10.8. The van der Waals surface area contributed by atoms with Crippen LogP contribution in [0.15, 0.2) is 12.2 Å². The zero-order valence-electron chi connectivity index (χ0n) is 15.9. The predicted octanol–water partition coefficient (Wildman–Crippen LogP) is 1.69. The number of piperidine rings is 1. The average molecular weight is 369 g/mol. The molecule has 2 heterocycles. The van der Waals surface area contributed by atoms with Gasteiger partial charge in [0.1, 0.15) is 17.6 Å². The first-order chi connectivity index (χ1) is 12.8. The summed E-state index contributed by atoms with van der Waals surface area (Å²) >= 11 is 0. The molecule has 2 saturated heterocycles. The fraction of sp³-hybridized carbons (Fsp3) is 0.818. The quantitative estimate of drug-likeness (QED) is 0.658. The van der Waals surface area contributed by atoms with Gasteiger partial charge in [0.05, 0.1) is 6.61 Å². The molecule has 0 amide bonds. The van der Waals surface area contributed by atoms with E-state index in [9.17, 15) is 14.7 Å². The van der Waals surface area contributed by atoms with E-state index in [4.69, 9.17) is 4.74 Å². The summed E-state index contributed by atoms with van der Waals surface area (Å²) in [6.45, 7) is 7.95. The summed E-state index contributed by atoms with van der Waals surface area (Å²) in [5.41, 5.74) is -1.93. The highest BCUT2D eigenvalue weighted by Crippen LogP contribution is 2.83. The molecule has 2 spiro atoms. The van der Waals surface area contributed by atoms with Crippen LogP contribution in [0.25, 0.3) is 0 Å². The molecular formula is C22H27NO4. The summed E-state index contributed by atoms with van der Waals surface area (Å²) in [4.78, 5) is 29.9. The fourth-order valence-corrected chi connectivity index (χ4v) is 10.1. The van der Waals surface area contributed by atoms with Crippen LogP contribution in [-0.4, -0.2) is 52.6 Å². The maximum Gasteiger partial charge on any atom is 0.172 e. The van der Waals surface area contributed by atoms with E-state index in [1.807, 2.05) is 0 Å². The van der Waals surface area contributed by atoms with E-state index in [-0.39, 0.29) is 47.0 Å². The minimum absolute atomic E-state index is 0.00202. The van der Waals surface area contributed by atoms with Gasteiger partial charge < -0.3 is 9.84 Å². The molecule has 8 rings (SSSR count). The summed E-state index contributed by atoms with van der Waals surface area (Å²) in [6, 6.07) is 0.0990. The average Bonchev–Trinajstić information content (AvgIpc) is 3.10. The van der Waals surface area contributed by atoms with E-state index >= 15 is 0 Å². The topological polar surface area (TPSA) is 66.8 Å². The number of allylic oxidation sites excluding steroid dienone is 1. The summed E-state index contributed by atoms with van der Waals surface area (Å²) in [7, 11) is 0. The zero-order valence-corrected chi connectivity index (χ0v) is 15.9. The lowest BCUT2D eigenvalue weighted by molar-refractivity contribution is -0.269. The van der Waals surface area contributed by atoms with Crippen LogP contribution in [0, 0.1) is 34.0 Å². The highest BCUT2D eigenvalue weighted by molar-refractivity contribution is 6.01. The zero-order chi connectivity index (χ0) is 18.6. The molecule has 6 aliphatic carbocycles. The first kappa shape index (κ1) is 15.8. The minimum atomic E-state index is -1.35. The number of ketones is 2. The molecule has 5 heteroatoms. The van der Waals surface area contributed by atoms with Crippen molar-refractivity contribution in [3.8, 4) is 0 Å². The minimum Gasteiger partial charge on any atom is -0.381 e. The van der Waals surface area contributed by atoms with E-state index in [2.05, 4.69) is 18.4 Å². The summed E-state index contributed by atoms with van der Waals surface area (Å²) in [6.07, 6.45) is 4.44. The highest BCUT2D eigenvalue weighted by Gasteiger charge is 2.91. The molecule has 27 heavy (non-hydrogen) atoms. The Labute approximate surface area is 159 Å². The van der Waals surface area contributed by atoms with Gasteiger partial charge in [-0.25, -0.2) is 0 Å². The molecule has 5 nitrogen and oxygen atoms in total. The van der Waals surface area contributed by atoms with Crippen molar-refractivity contribution >= 4 is 11.6 Å². The standard InChI is InChI=1S/C22H27NO4/c1-11-9-20-10-14(24)15-19(2)4-3-5-21(15)16(23-6-7-27-18(19)23)13(20)8-12(11)17(25)22(20,21)26/h12-13,15-16,18,26H,1,3-10H2,2H3/t12-,13-,15-,16+,18?,19-,20+,21-,22-/m1/s1. The number of nitrogens with zero attached hydrogens (tertiary/aromatic N) is 1. The van der Waals surface area contributed by atoms with Gasteiger partial charge in [-0.3, -0.25) is 14.5 Å². The van der Waals surface area contributed by atoms with Gasteiger partial charge in [-0.2, -0.15) is 0 Å². The van der Waals surface area contributed by atoms with Gasteiger partial charge >= 0.3 is 0 Å². The van der Waals surface area contributed by atoms with Crippen LogP contribution in [0.3, 0.4) is 0 Å². The molecule has 0 radical (unpaired) electrons. The molecule has 2 aliphatic heterocycles. The van der Waals surface area contributed by atoms with Crippen molar-refractivity contribution in [1.82, 2.24) is 4.90 Å². The normalized spacial score (nSPS) is 62.9. The molecule has 0 aromatic rings. The van der Waals surface area contributed by atoms with Gasteiger partial charge in [0, 0.05) is 47.1 Å². The number of rotatable bonds is 0. The number of carbonyl (C=O) groups is 2. The van der Waals surface area contributed by atoms with Crippen molar-refractivity contribution in [2.45, 2.75) is 63.3 Å². The number of Topliss-reactive ketones (excluding diaryl/α,β-unsaturated/α-hetero) is 2. The smallest absolute Gasteiger partial charge is 0.172 e. The van der Waals surface area contributed by atoms with Crippen LogP contribution in [-0.2, 0) is 14.3 Å². The molecule has 1 unspecified atom stereocenters. The van der Waals surface area contributed by atoms with Gasteiger partial charge in [-0.1, -0.05) is 25.5 Å². The molecule has 1 N–H and O–H groups in total. The molecule has 8 fully saturated rings. The van der Waals surface area contributed by atoms with E-state index in [0.717, 1.165) is 37.8 Å². The predicted molar refractivity (Wildman–Crippen MR) is 95.5 cm³/mol. The maximum absolute atomic E-state index is 13.7. The third-order valence-electron chi connectivity index (χ3n) is 10.4. The first-order valence-corrected chi connectivity index (χ1v) is 10.7. The number of hydrogen-bond donors (Lipinski definition) is 1. The van der Waals surface area contributed by atoms with Crippen LogP contribution < -0.4 is 0 Å². The van der Waals surface area contributed by atoms with Gasteiger partial charge in [-0.05, 0) is 31.6 Å². The van der Waals surface area contributed by atoms with Crippen molar-refractivity contribution in [3.05, 3.63) is 12.2 Å². The van der Waals surface area contributed by atoms with E-state index in [0.29, 0.717) is 19.4 Å². The molecule has 9 atom stereocenters. The van der Waals surface area contributed by atoms with Crippen LogP contribution in [0.1, 0.15) is 45.4 Å². The van der Waals surface area contributed by atoms with Crippen molar-refractivity contribution in [1.29, 1.82) is 0 Å². The second-order valence-corrected chi connectivity index (χ2v) is 10.8. The maximum atomic E-state index is 13.7. The van der Waals surface area contributed by atoms with Crippen molar-refractivity contribution in [3.63, 3.8) is 0 Å².